The Kier molecular flexibility index (Phi) is 5.28. The molecule has 0 saturated carbocycles. The van der Waals surface area contributed by atoms with Crippen molar-refractivity contribution in [3.63, 3.8) is 0 Å². The molecule has 4 nitrogen and oxygen atoms in total. The highest BCUT2D eigenvalue weighted by molar-refractivity contribution is 7.80. The average molecular weight is 243 g/mol. The van der Waals surface area contributed by atoms with Gasteiger partial charge in [-0.1, -0.05) is 0 Å². The summed E-state index contributed by atoms with van der Waals surface area (Å²) >= 11 is 4.10. The second kappa shape index (κ2) is 6.50. The number of hydrogen-bond donors (Lipinski definition) is 2. The third kappa shape index (κ3) is 2.96. The summed E-state index contributed by atoms with van der Waals surface area (Å²) in [6.45, 7) is 0.639. The minimum Gasteiger partial charge on any atom is -0.496 e. The number of hydrogen-bond acceptors (Lipinski definition) is 5. The molecule has 0 unspecified atom stereocenters. The van der Waals surface area contributed by atoms with Crippen LogP contribution in [0, 0.1) is 0 Å². The maximum absolute atomic E-state index is 5.30. The lowest BCUT2D eigenvalue weighted by molar-refractivity contribution is 0.367. The number of methoxy groups -OCH3 is 3. The molecule has 0 bridgehead atoms. The quantitative estimate of drug-likeness (QED) is 0.589. The molecule has 0 heterocycles. The molecular formula is C11H17NO3S. The van der Waals surface area contributed by atoms with Gasteiger partial charge in [0.2, 0.25) is 0 Å². The van der Waals surface area contributed by atoms with E-state index in [0.717, 1.165) is 17.1 Å². The molecule has 0 aliphatic rings. The van der Waals surface area contributed by atoms with E-state index in [2.05, 4.69) is 17.9 Å². The Morgan fingerprint density at radius 2 is 1.62 bits per heavy atom. The molecule has 1 N–H and O–H groups in total. The van der Waals surface area contributed by atoms with Crippen LogP contribution < -0.4 is 19.5 Å². The van der Waals surface area contributed by atoms with E-state index in [-0.39, 0.29) is 0 Å². The van der Waals surface area contributed by atoms with Gasteiger partial charge in [-0.05, 0) is 0 Å². The first-order chi connectivity index (χ1) is 7.76. The first-order valence-electron chi connectivity index (χ1n) is 4.87. The van der Waals surface area contributed by atoms with Crippen molar-refractivity contribution in [1.82, 2.24) is 5.32 Å². The fraction of sp³-hybridized carbons (Fsp3) is 0.455. The van der Waals surface area contributed by atoms with E-state index in [9.17, 15) is 0 Å². The van der Waals surface area contributed by atoms with Crippen molar-refractivity contribution >= 4 is 12.6 Å². The van der Waals surface area contributed by atoms with Crippen LogP contribution in [-0.4, -0.2) is 27.2 Å². The van der Waals surface area contributed by atoms with Crippen LogP contribution in [0.3, 0.4) is 0 Å². The molecule has 0 aliphatic heterocycles. The van der Waals surface area contributed by atoms with Gasteiger partial charge >= 0.3 is 0 Å². The number of ether oxygens (including phenoxy) is 3. The third-order valence-electron chi connectivity index (χ3n) is 2.23. The lowest BCUT2D eigenvalue weighted by Crippen LogP contribution is -2.12. The number of thiol groups is 1. The second-order valence-electron chi connectivity index (χ2n) is 3.10. The maximum Gasteiger partial charge on any atom is 0.130 e. The average Bonchev–Trinajstić information content (AvgIpc) is 2.35. The Morgan fingerprint density at radius 1 is 1.06 bits per heavy atom. The van der Waals surface area contributed by atoms with Crippen molar-refractivity contribution in [3.8, 4) is 17.2 Å². The molecule has 5 heteroatoms. The highest BCUT2D eigenvalue weighted by Gasteiger charge is 2.12. The highest BCUT2D eigenvalue weighted by Crippen LogP contribution is 2.33. The summed E-state index contributed by atoms with van der Waals surface area (Å²) in [6, 6.07) is 3.66. The summed E-state index contributed by atoms with van der Waals surface area (Å²) < 4.78 is 15.8. The molecule has 0 amide bonds. The van der Waals surface area contributed by atoms with Gasteiger partial charge in [-0.3, -0.25) is 0 Å². The van der Waals surface area contributed by atoms with E-state index in [1.54, 1.807) is 21.3 Å². The topological polar surface area (TPSA) is 39.7 Å². The Bertz CT molecular complexity index is 319. The Hall–Kier alpha value is -1.07. The minimum absolute atomic E-state index is 0.596. The molecule has 1 aromatic rings. The second-order valence-corrected chi connectivity index (χ2v) is 3.41. The van der Waals surface area contributed by atoms with Gasteiger partial charge in [0.05, 0.1) is 26.9 Å². The molecule has 0 radical (unpaired) electrons. The van der Waals surface area contributed by atoms with Crippen LogP contribution in [-0.2, 0) is 6.54 Å². The number of rotatable bonds is 6. The van der Waals surface area contributed by atoms with Crippen molar-refractivity contribution < 1.29 is 14.2 Å². The first-order valence-corrected chi connectivity index (χ1v) is 5.50. The monoisotopic (exact) mass is 243 g/mol. The maximum atomic E-state index is 5.30. The minimum atomic E-state index is 0.596. The highest BCUT2D eigenvalue weighted by atomic mass is 32.1. The predicted molar refractivity (Wildman–Crippen MR) is 66.8 cm³/mol. The molecule has 0 aliphatic carbocycles. The lowest BCUT2D eigenvalue weighted by Gasteiger charge is -2.15. The number of nitrogens with one attached hydrogen (secondary N) is 1. The van der Waals surface area contributed by atoms with Gasteiger partial charge in [0.15, 0.2) is 0 Å². The van der Waals surface area contributed by atoms with Gasteiger partial charge in [0.25, 0.3) is 0 Å². The first kappa shape index (κ1) is 13.0. The Morgan fingerprint density at radius 3 is 2.00 bits per heavy atom. The SMILES string of the molecule is COc1cc(OC)c(CNCS)c(OC)c1. The van der Waals surface area contributed by atoms with Crippen LogP contribution in [0.25, 0.3) is 0 Å². The fourth-order valence-corrected chi connectivity index (χ4v) is 1.54. The zero-order chi connectivity index (χ0) is 12.0. The standard InChI is InChI=1S/C11H17NO3S/c1-13-8-4-10(14-2)9(6-12-7-16)11(5-8)15-3/h4-5,12,16H,6-7H2,1-3H3. The van der Waals surface area contributed by atoms with E-state index < -0.39 is 0 Å². The summed E-state index contributed by atoms with van der Waals surface area (Å²) in [5.74, 6) is 2.79. The molecule has 0 spiro atoms. The van der Waals surface area contributed by atoms with Gasteiger partial charge in [-0.25, -0.2) is 0 Å². The van der Waals surface area contributed by atoms with Crippen molar-refractivity contribution in [3.05, 3.63) is 17.7 Å². The predicted octanol–water partition coefficient (Wildman–Crippen LogP) is 1.69. The lowest BCUT2D eigenvalue weighted by atomic mass is 10.1. The van der Waals surface area contributed by atoms with Crippen molar-refractivity contribution in [2.45, 2.75) is 6.54 Å². The summed E-state index contributed by atoms with van der Waals surface area (Å²) in [5.41, 5.74) is 0.958. The van der Waals surface area contributed by atoms with Crippen molar-refractivity contribution in [1.29, 1.82) is 0 Å². The van der Waals surface area contributed by atoms with Crippen LogP contribution in [0.15, 0.2) is 12.1 Å². The molecule has 0 fully saturated rings. The van der Waals surface area contributed by atoms with Crippen LogP contribution in [0.4, 0.5) is 0 Å². The smallest absolute Gasteiger partial charge is 0.130 e. The third-order valence-corrected chi connectivity index (χ3v) is 2.45. The van der Waals surface area contributed by atoms with Gasteiger partial charge < -0.3 is 19.5 Å². The Labute approximate surface area is 101 Å². The van der Waals surface area contributed by atoms with Crippen LogP contribution >= 0.6 is 12.6 Å². The summed E-state index contributed by atoms with van der Waals surface area (Å²) in [5, 5.41) is 3.11. The van der Waals surface area contributed by atoms with Gasteiger partial charge in [-0.2, -0.15) is 12.6 Å². The molecule has 1 aromatic carbocycles. The van der Waals surface area contributed by atoms with Crippen molar-refractivity contribution in [2.75, 3.05) is 27.2 Å². The van der Waals surface area contributed by atoms with E-state index in [0.29, 0.717) is 18.2 Å². The van der Waals surface area contributed by atoms with Crippen molar-refractivity contribution in [2.24, 2.45) is 0 Å². The fourth-order valence-electron chi connectivity index (χ4n) is 1.43. The molecule has 0 aromatic heterocycles. The van der Waals surface area contributed by atoms with E-state index >= 15 is 0 Å². The normalized spacial score (nSPS) is 10.0. The van der Waals surface area contributed by atoms with E-state index in [1.165, 1.54) is 0 Å². The molecule has 0 atom stereocenters. The zero-order valence-electron chi connectivity index (χ0n) is 9.74. The largest absolute Gasteiger partial charge is 0.496 e. The zero-order valence-corrected chi connectivity index (χ0v) is 10.6. The Balaban J connectivity index is 3.09. The summed E-state index contributed by atoms with van der Waals surface area (Å²) in [6.07, 6.45) is 0. The van der Waals surface area contributed by atoms with Crippen LogP contribution in [0.1, 0.15) is 5.56 Å². The van der Waals surface area contributed by atoms with E-state index in [4.69, 9.17) is 14.2 Å². The van der Waals surface area contributed by atoms with Crippen LogP contribution in [0.5, 0.6) is 17.2 Å². The summed E-state index contributed by atoms with van der Waals surface area (Å²) in [4.78, 5) is 0. The van der Waals surface area contributed by atoms with Gasteiger partial charge in [0, 0.05) is 24.6 Å². The van der Waals surface area contributed by atoms with E-state index in [1.807, 2.05) is 12.1 Å². The molecular weight excluding hydrogens is 226 g/mol. The van der Waals surface area contributed by atoms with Gasteiger partial charge in [0.1, 0.15) is 17.2 Å². The molecule has 90 valence electrons. The molecule has 1 rings (SSSR count). The number of benzene rings is 1. The molecule has 16 heavy (non-hydrogen) atoms. The summed E-state index contributed by atoms with van der Waals surface area (Å²) in [7, 11) is 4.86. The van der Waals surface area contributed by atoms with Gasteiger partial charge in [-0.15, -0.1) is 0 Å². The molecule has 0 saturated heterocycles. The van der Waals surface area contributed by atoms with Crippen LogP contribution in [0.2, 0.25) is 0 Å².